The van der Waals surface area contributed by atoms with Crippen molar-refractivity contribution in [2.45, 2.75) is 26.2 Å². The van der Waals surface area contributed by atoms with E-state index in [2.05, 4.69) is 11.9 Å². The third-order valence-corrected chi connectivity index (χ3v) is 2.21. The fourth-order valence-electron chi connectivity index (χ4n) is 1.05. The number of amides is 1. The van der Waals surface area contributed by atoms with Gasteiger partial charge in [-0.25, -0.2) is 0 Å². The first-order valence-electron chi connectivity index (χ1n) is 4.90. The van der Waals surface area contributed by atoms with Crippen molar-refractivity contribution in [3.63, 3.8) is 0 Å². The SMILES string of the molecule is CC(=O)N(C)C.CN1CCCCC1. The maximum Gasteiger partial charge on any atom is 0.218 e. The zero-order valence-electron chi connectivity index (χ0n) is 9.34. The third kappa shape index (κ3) is 7.78. The van der Waals surface area contributed by atoms with Crippen LogP contribution in [-0.2, 0) is 4.79 Å². The van der Waals surface area contributed by atoms with Gasteiger partial charge in [0.05, 0.1) is 0 Å². The highest BCUT2D eigenvalue weighted by Gasteiger charge is 2.02. The molecule has 0 aliphatic carbocycles. The summed E-state index contributed by atoms with van der Waals surface area (Å²) in [5, 5.41) is 0. The van der Waals surface area contributed by atoms with E-state index in [1.165, 1.54) is 44.2 Å². The zero-order valence-corrected chi connectivity index (χ0v) is 9.34. The van der Waals surface area contributed by atoms with Crippen LogP contribution in [0.4, 0.5) is 0 Å². The van der Waals surface area contributed by atoms with Crippen molar-refractivity contribution >= 4 is 5.91 Å². The van der Waals surface area contributed by atoms with Crippen LogP contribution in [0.5, 0.6) is 0 Å². The van der Waals surface area contributed by atoms with Crippen LogP contribution in [0.3, 0.4) is 0 Å². The van der Waals surface area contributed by atoms with Crippen LogP contribution in [0.1, 0.15) is 26.2 Å². The molecule has 1 aliphatic heterocycles. The average molecular weight is 186 g/mol. The lowest BCUT2D eigenvalue weighted by molar-refractivity contribution is -0.126. The fourth-order valence-corrected chi connectivity index (χ4v) is 1.05. The lowest BCUT2D eigenvalue weighted by Gasteiger charge is -2.20. The number of hydrogen-bond acceptors (Lipinski definition) is 2. The third-order valence-electron chi connectivity index (χ3n) is 2.21. The Hall–Kier alpha value is -0.570. The molecular formula is C10H22N2O. The lowest BCUT2D eigenvalue weighted by Crippen LogP contribution is -2.24. The molecule has 3 nitrogen and oxygen atoms in total. The van der Waals surface area contributed by atoms with E-state index in [4.69, 9.17) is 0 Å². The second kappa shape index (κ2) is 6.89. The minimum Gasteiger partial charge on any atom is -0.349 e. The molecule has 0 aromatic rings. The summed E-state index contributed by atoms with van der Waals surface area (Å²) in [6.45, 7) is 4.17. The molecule has 78 valence electrons. The molecule has 1 rings (SSSR count). The fraction of sp³-hybridized carbons (Fsp3) is 0.900. The molecule has 1 saturated heterocycles. The molecule has 0 radical (unpaired) electrons. The summed E-state index contributed by atoms with van der Waals surface area (Å²) in [4.78, 5) is 14.0. The summed E-state index contributed by atoms with van der Waals surface area (Å²) in [6.07, 6.45) is 4.28. The minimum absolute atomic E-state index is 0.0926. The van der Waals surface area contributed by atoms with Gasteiger partial charge in [-0.15, -0.1) is 0 Å². The molecule has 3 heteroatoms. The van der Waals surface area contributed by atoms with Crippen molar-refractivity contribution in [1.29, 1.82) is 0 Å². The van der Waals surface area contributed by atoms with Crippen LogP contribution in [0.25, 0.3) is 0 Å². The first kappa shape index (κ1) is 12.4. The van der Waals surface area contributed by atoms with Crippen LogP contribution >= 0.6 is 0 Å². The van der Waals surface area contributed by atoms with Gasteiger partial charge in [-0.05, 0) is 33.0 Å². The Morgan fingerprint density at radius 3 is 1.69 bits per heavy atom. The highest BCUT2D eigenvalue weighted by Crippen LogP contribution is 2.04. The number of piperidine rings is 1. The second-order valence-electron chi connectivity index (χ2n) is 3.78. The number of carbonyl (C=O) groups excluding carboxylic acids is 1. The first-order chi connectivity index (χ1) is 6.04. The molecule has 0 bridgehead atoms. The van der Waals surface area contributed by atoms with Crippen molar-refractivity contribution in [3.8, 4) is 0 Å². The first-order valence-corrected chi connectivity index (χ1v) is 4.90. The Balaban J connectivity index is 0.000000226. The van der Waals surface area contributed by atoms with E-state index in [0.717, 1.165) is 0 Å². The normalized spacial score (nSPS) is 17.2. The topological polar surface area (TPSA) is 23.6 Å². The van der Waals surface area contributed by atoms with Gasteiger partial charge in [0.1, 0.15) is 0 Å². The highest BCUT2D eigenvalue weighted by atomic mass is 16.2. The highest BCUT2D eigenvalue weighted by molar-refractivity contribution is 5.72. The van der Waals surface area contributed by atoms with Crippen LogP contribution in [0, 0.1) is 0 Å². The Morgan fingerprint density at radius 1 is 1.15 bits per heavy atom. The Morgan fingerprint density at radius 2 is 1.54 bits per heavy atom. The van der Waals surface area contributed by atoms with E-state index in [9.17, 15) is 4.79 Å². The van der Waals surface area contributed by atoms with Crippen molar-refractivity contribution in [2.75, 3.05) is 34.2 Å². The summed E-state index contributed by atoms with van der Waals surface area (Å²) < 4.78 is 0. The van der Waals surface area contributed by atoms with Crippen molar-refractivity contribution in [1.82, 2.24) is 9.80 Å². The van der Waals surface area contributed by atoms with Gasteiger partial charge in [-0.3, -0.25) is 4.79 Å². The molecule has 13 heavy (non-hydrogen) atoms. The summed E-state index contributed by atoms with van der Waals surface area (Å²) in [6, 6.07) is 0. The summed E-state index contributed by atoms with van der Waals surface area (Å²) >= 11 is 0. The van der Waals surface area contributed by atoms with Gasteiger partial charge in [0.15, 0.2) is 0 Å². The predicted molar refractivity (Wildman–Crippen MR) is 55.7 cm³/mol. The standard InChI is InChI=1S/C6H13N.C4H9NO/c1-7-5-3-2-4-6-7;1-4(6)5(2)3/h2-6H2,1H3;1-3H3. The van der Waals surface area contributed by atoms with Crippen molar-refractivity contribution in [2.24, 2.45) is 0 Å². The number of rotatable bonds is 0. The molecule has 1 aliphatic rings. The van der Waals surface area contributed by atoms with Gasteiger partial charge in [0.2, 0.25) is 5.91 Å². The zero-order chi connectivity index (χ0) is 10.3. The molecule has 1 heterocycles. The minimum atomic E-state index is 0.0926. The van der Waals surface area contributed by atoms with Gasteiger partial charge in [-0.1, -0.05) is 6.42 Å². The van der Waals surface area contributed by atoms with E-state index < -0.39 is 0 Å². The van der Waals surface area contributed by atoms with Crippen molar-refractivity contribution < 1.29 is 4.79 Å². The summed E-state index contributed by atoms with van der Waals surface area (Å²) in [5.41, 5.74) is 0. The second-order valence-corrected chi connectivity index (χ2v) is 3.78. The number of carbonyl (C=O) groups is 1. The summed E-state index contributed by atoms with van der Waals surface area (Å²) in [7, 11) is 5.64. The van der Waals surface area contributed by atoms with Gasteiger partial charge in [0, 0.05) is 21.0 Å². The Bertz CT molecular complexity index is 140. The molecule has 1 fully saturated rings. The van der Waals surface area contributed by atoms with Gasteiger partial charge in [-0.2, -0.15) is 0 Å². The van der Waals surface area contributed by atoms with Crippen LogP contribution < -0.4 is 0 Å². The lowest BCUT2D eigenvalue weighted by atomic mass is 10.1. The molecule has 0 atom stereocenters. The van der Waals surface area contributed by atoms with Crippen molar-refractivity contribution in [3.05, 3.63) is 0 Å². The average Bonchev–Trinajstić information content (AvgIpc) is 2.06. The number of nitrogens with zero attached hydrogens (tertiary/aromatic N) is 2. The quantitative estimate of drug-likeness (QED) is 0.567. The van der Waals surface area contributed by atoms with Crippen LogP contribution in [0.15, 0.2) is 0 Å². The molecule has 0 spiro atoms. The molecule has 0 aromatic heterocycles. The van der Waals surface area contributed by atoms with E-state index in [1.54, 1.807) is 14.1 Å². The molecular weight excluding hydrogens is 164 g/mol. The predicted octanol–water partition coefficient (Wildman–Crippen LogP) is 1.20. The van der Waals surface area contributed by atoms with Gasteiger partial charge < -0.3 is 9.80 Å². The molecule has 1 amide bonds. The van der Waals surface area contributed by atoms with E-state index in [0.29, 0.717) is 0 Å². The number of likely N-dealkylation sites (tertiary alicyclic amines) is 1. The maximum absolute atomic E-state index is 10.1. The van der Waals surface area contributed by atoms with Crippen LogP contribution in [-0.4, -0.2) is 49.9 Å². The van der Waals surface area contributed by atoms with E-state index in [-0.39, 0.29) is 5.91 Å². The monoisotopic (exact) mass is 186 g/mol. The van der Waals surface area contributed by atoms with Gasteiger partial charge in [0.25, 0.3) is 0 Å². The molecule has 0 aromatic carbocycles. The van der Waals surface area contributed by atoms with E-state index >= 15 is 0 Å². The maximum atomic E-state index is 10.1. The Labute approximate surface area is 81.7 Å². The van der Waals surface area contributed by atoms with Crippen LogP contribution in [0.2, 0.25) is 0 Å². The summed E-state index contributed by atoms with van der Waals surface area (Å²) in [5.74, 6) is 0.0926. The smallest absolute Gasteiger partial charge is 0.218 e. The number of hydrogen-bond donors (Lipinski definition) is 0. The molecule has 0 N–H and O–H groups in total. The Kier molecular flexibility index (Phi) is 6.59. The largest absolute Gasteiger partial charge is 0.349 e. The molecule has 0 saturated carbocycles. The van der Waals surface area contributed by atoms with Gasteiger partial charge >= 0.3 is 0 Å². The molecule has 0 unspecified atom stereocenters. The van der Waals surface area contributed by atoms with E-state index in [1.807, 2.05) is 0 Å².